The maximum absolute atomic E-state index is 13.2. The van der Waals surface area contributed by atoms with E-state index in [4.69, 9.17) is 16.3 Å². The summed E-state index contributed by atoms with van der Waals surface area (Å²) in [5.74, 6) is 0.0922. The molecule has 2 aromatic heterocycles. The predicted molar refractivity (Wildman–Crippen MR) is 123 cm³/mol. The van der Waals surface area contributed by atoms with Gasteiger partial charge >= 0.3 is 5.69 Å². The summed E-state index contributed by atoms with van der Waals surface area (Å²) < 4.78 is 8.06. The standard InChI is InChI=1S/C22H18ClN3O4S/c1-30-18-9-5-4-8-16(18)24-19(27)13-25-17-10-11-31-20(17)21(28)26(22(25)29)12-14-6-2-3-7-15(14)23/h2-11H,12-13H2,1H3,(H,24,27). The summed E-state index contributed by atoms with van der Waals surface area (Å²) >= 11 is 7.45. The van der Waals surface area contributed by atoms with E-state index in [0.717, 1.165) is 4.57 Å². The number of para-hydroxylation sites is 2. The Morgan fingerprint density at radius 2 is 1.81 bits per heavy atom. The molecule has 0 radical (unpaired) electrons. The molecule has 0 saturated heterocycles. The van der Waals surface area contributed by atoms with Crippen molar-refractivity contribution in [3.8, 4) is 5.75 Å². The first-order valence-corrected chi connectivity index (χ1v) is 10.6. The van der Waals surface area contributed by atoms with Crippen molar-refractivity contribution in [2.75, 3.05) is 12.4 Å². The summed E-state index contributed by atoms with van der Waals surface area (Å²) in [4.78, 5) is 38.9. The van der Waals surface area contributed by atoms with Crippen LogP contribution in [-0.2, 0) is 17.9 Å². The average Bonchev–Trinajstić information content (AvgIpc) is 3.26. The number of fused-ring (bicyclic) bond motifs is 1. The number of hydrogen-bond donors (Lipinski definition) is 1. The van der Waals surface area contributed by atoms with E-state index in [2.05, 4.69) is 5.32 Å². The molecule has 1 N–H and O–H groups in total. The van der Waals surface area contributed by atoms with Crippen molar-refractivity contribution in [1.29, 1.82) is 0 Å². The van der Waals surface area contributed by atoms with E-state index in [1.54, 1.807) is 60.0 Å². The van der Waals surface area contributed by atoms with Crippen LogP contribution in [0.5, 0.6) is 5.75 Å². The van der Waals surface area contributed by atoms with Crippen LogP contribution >= 0.6 is 22.9 Å². The smallest absolute Gasteiger partial charge is 0.332 e. The van der Waals surface area contributed by atoms with Crippen LogP contribution in [0.2, 0.25) is 5.02 Å². The Balaban J connectivity index is 1.73. The number of rotatable bonds is 6. The van der Waals surface area contributed by atoms with E-state index in [0.29, 0.717) is 32.2 Å². The fourth-order valence-electron chi connectivity index (χ4n) is 3.30. The molecule has 0 bridgehead atoms. The summed E-state index contributed by atoms with van der Waals surface area (Å²) in [6, 6.07) is 15.7. The minimum Gasteiger partial charge on any atom is -0.495 e. The highest BCUT2D eigenvalue weighted by atomic mass is 35.5. The molecular weight excluding hydrogens is 438 g/mol. The number of anilines is 1. The van der Waals surface area contributed by atoms with Gasteiger partial charge in [0.05, 0.1) is 24.9 Å². The van der Waals surface area contributed by atoms with E-state index >= 15 is 0 Å². The Hall–Kier alpha value is -3.36. The van der Waals surface area contributed by atoms with Crippen LogP contribution in [0.25, 0.3) is 10.2 Å². The quantitative estimate of drug-likeness (QED) is 0.482. The van der Waals surface area contributed by atoms with Gasteiger partial charge in [-0.25, -0.2) is 4.79 Å². The monoisotopic (exact) mass is 455 g/mol. The third-order valence-electron chi connectivity index (χ3n) is 4.81. The minimum absolute atomic E-state index is 0.0132. The molecule has 2 heterocycles. The number of benzene rings is 2. The highest BCUT2D eigenvalue weighted by Crippen LogP contribution is 2.23. The van der Waals surface area contributed by atoms with E-state index in [9.17, 15) is 14.4 Å². The SMILES string of the molecule is COc1ccccc1NC(=O)Cn1c(=O)n(Cc2ccccc2Cl)c(=O)c2sccc21. The van der Waals surface area contributed by atoms with Crippen molar-refractivity contribution < 1.29 is 9.53 Å². The van der Waals surface area contributed by atoms with Gasteiger partial charge in [0.2, 0.25) is 5.91 Å². The number of hydrogen-bond acceptors (Lipinski definition) is 5. The summed E-state index contributed by atoms with van der Waals surface area (Å²) in [6.45, 7) is -0.244. The number of nitrogens with zero attached hydrogens (tertiary/aromatic N) is 2. The van der Waals surface area contributed by atoms with Crippen molar-refractivity contribution in [2.45, 2.75) is 13.1 Å². The van der Waals surface area contributed by atoms with Gasteiger partial charge in [-0.1, -0.05) is 41.9 Å². The van der Waals surface area contributed by atoms with Crippen LogP contribution in [0.3, 0.4) is 0 Å². The Bertz CT molecular complexity index is 1390. The van der Waals surface area contributed by atoms with Crippen molar-refractivity contribution >= 4 is 44.7 Å². The van der Waals surface area contributed by atoms with E-state index in [1.807, 2.05) is 0 Å². The topological polar surface area (TPSA) is 82.3 Å². The highest BCUT2D eigenvalue weighted by molar-refractivity contribution is 7.17. The van der Waals surface area contributed by atoms with Crippen molar-refractivity contribution in [2.24, 2.45) is 0 Å². The lowest BCUT2D eigenvalue weighted by molar-refractivity contribution is -0.116. The van der Waals surface area contributed by atoms with Gasteiger partial charge in [0.25, 0.3) is 5.56 Å². The fourth-order valence-corrected chi connectivity index (χ4v) is 4.34. The predicted octanol–water partition coefficient (Wildman–Crippen LogP) is 3.57. The second-order valence-electron chi connectivity index (χ2n) is 6.73. The van der Waals surface area contributed by atoms with Gasteiger partial charge in [0.15, 0.2) is 0 Å². The Morgan fingerprint density at radius 1 is 1.06 bits per heavy atom. The van der Waals surface area contributed by atoms with Gasteiger partial charge in [-0.3, -0.25) is 18.7 Å². The van der Waals surface area contributed by atoms with E-state index < -0.39 is 17.2 Å². The Morgan fingerprint density at radius 3 is 2.58 bits per heavy atom. The lowest BCUT2D eigenvalue weighted by Crippen LogP contribution is -2.41. The number of carbonyl (C=O) groups excluding carboxylic acids is 1. The van der Waals surface area contributed by atoms with E-state index in [-0.39, 0.29) is 13.1 Å². The molecule has 0 saturated carbocycles. The number of aromatic nitrogens is 2. The number of amides is 1. The number of ether oxygens (including phenoxy) is 1. The maximum atomic E-state index is 13.2. The number of thiophene rings is 1. The molecule has 0 aliphatic carbocycles. The van der Waals surface area contributed by atoms with Crippen molar-refractivity contribution in [3.05, 3.63) is 91.4 Å². The second kappa shape index (κ2) is 8.79. The fraction of sp³-hybridized carbons (Fsp3) is 0.136. The zero-order valence-electron chi connectivity index (χ0n) is 16.5. The lowest BCUT2D eigenvalue weighted by atomic mass is 10.2. The van der Waals surface area contributed by atoms with E-state index in [1.165, 1.54) is 23.0 Å². The molecule has 158 valence electrons. The summed E-state index contributed by atoms with van der Waals surface area (Å²) in [5, 5.41) is 4.94. The average molecular weight is 456 g/mol. The van der Waals surface area contributed by atoms with Crippen LogP contribution in [0.15, 0.2) is 69.6 Å². The Kier molecular flexibility index (Phi) is 5.92. The third-order valence-corrected chi connectivity index (χ3v) is 6.07. The van der Waals surface area contributed by atoms with Gasteiger partial charge in [-0.05, 0) is 35.2 Å². The third kappa shape index (κ3) is 4.12. The molecule has 0 aliphatic heterocycles. The van der Waals surface area contributed by atoms with Crippen LogP contribution < -0.4 is 21.3 Å². The molecule has 4 rings (SSSR count). The molecule has 1 amide bonds. The maximum Gasteiger partial charge on any atom is 0.332 e. The van der Waals surface area contributed by atoms with Crippen LogP contribution in [0.4, 0.5) is 5.69 Å². The molecule has 7 nitrogen and oxygen atoms in total. The van der Waals surface area contributed by atoms with Crippen molar-refractivity contribution in [3.63, 3.8) is 0 Å². The van der Waals surface area contributed by atoms with Gasteiger partial charge in [0, 0.05) is 5.02 Å². The molecule has 0 unspecified atom stereocenters. The first kappa shape index (κ1) is 20.9. The molecule has 0 aliphatic rings. The summed E-state index contributed by atoms with van der Waals surface area (Å²) in [6.07, 6.45) is 0. The number of nitrogens with one attached hydrogen (secondary N) is 1. The molecule has 0 spiro atoms. The molecule has 4 aromatic rings. The van der Waals surface area contributed by atoms with Crippen LogP contribution in [-0.4, -0.2) is 22.2 Å². The molecule has 0 fully saturated rings. The van der Waals surface area contributed by atoms with Gasteiger partial charge in [-0.2, -0.15) is 0 Å². The largest absolute Gasteiger partial charge is 0.495 e. The molecule has 31 heavy (non-hydrogen) atoms. The van der Waals surface area contributed by atoms with Crippen LogP contribution in [0.1, 0.15) is 5.56 Å². The van der Waals surface area contributed by atoms with Gasteiger partial charge < -0.3 is 10.1 Å². The number of methoxy groups -OCH3 is 1. The van der Waals surface area contributed by atoms with Gasteiger partial charge in [0.1, 0.15) is 17.0 Å². The van der Waals surface area contributed by atoms with Crippen molar-refractivity contribution in [1.82, 2.24) is 9.13 Å². The molecule has 0 atom stereocenters. The zero-order valence-corrected chi connectivity index (χ0v) is 18.1. The Labute approximate surface area is 186 Å². The number of carbonyl (C=O) groups is 1. The normalized spacial score (nSPS) is 10.9. The minimum atomic E-state index is -0.578. The lowest BCUT2D eigenvalue weighted by Gasteiger charge is -2.14. The molecular formula is C22H18ClN3O4S. The summed E-state index contributed by atoms with van der Waals surface area (Å²) in [7, 11) is 1.51. The molecule has 9 heteroatoms. The first-order valence-electron chi connectivity index (χ1n) is 9.36. The van der Waals surface area contributed by atoms with Gasteiger partial charge in [-0.15, -0.1) is 11.3 Å². The highest BCUT2D eigenvalue weighted by Gasteiger charge is 2.18. The molecule has 2 aromatic carbocycles. The zero-order chi connectivity index (χ0) is 22.0. The second-order valence-corrected chi connectivity index (χ2v) is 8.06. The first-order chi connectivity index (χ1) is 15.0. The number of halogens is 1. The van der Waals surface area contributed by atoms with Crippen LogP contribution in [0, 0.1) is 0 Å². The summed E-state index contributed by atoms with van der Waals surface area (Å²) in [5.41, 5.74) is 0.575.